The first-order valence-corrected chi connectivity index (χ1v) is 10.2. The average Bonchev–Trinajstić information content (AvgIpc) is 3.42. The van der Waals surface area contributed by atoms with Crippen LogP contribution in [0.3, 0.4) is 0 Å². The molecule has 3 heterocycles. The Balaban J connectivity index is 1.40. The molecule has 3 amide bonds. The van der Waals surface area contributed by atoms with Crippen molar-refractivity contribution in [3.63, 3.8) is 0 Å². The van der Waals surface area contributed by atoms with E-state index in [0.717, 1.165) is 29.8 Å². The summed E-state index contributed by atoms with van der Waals surface area (Å²) in [4.78, 5) is 38.0. The molecule has 1 aromatic heterocycles. The first-order valence-electron chi connectivity index (χ1n) is 10.2. The van der Waals surface area contributed by atoms with Gasteiger partial charge in [0.2, 0.25) is 11.8 Å². The largest absolute Gasteiger partial charge is 0.322 e. The quantitative estimate of drug-likeness (QED) is 0.803. The van der Waals surface area contributed by atoms with E-state index in [1.165, 1.54) is 12.8 Å². The highest BCUT2D eigenvalue weighted by molar-refractivity contribution is 6.05. The number of carbonyl (C=O) groups excluding carboxylic acids is 3. The van der Waals surface area contributed by atoms with E-state index in [-0.39, 0.29) is 23.7 Å². The van der Waals surface area contributed by atoms with Gasteiger partial charge in [-0.15, -0.1) is 5.10 Å². The molecule has 1 aliphatic carbocycles. The second kappa shape index (κ2) is 6.50. The lowest BCUT2D eigenvalue weighted by Gasteiger charge is -2.29. The molecule has 3 aliphatic rings. The van der Waals surface area contributed by atoms with Gasteiger partial charge in [0.15, 0.2) is 0 Å². The van der Waals surface area contributed by atoms with Crippen LogP contribution in [-0.4, -0.2) is 43.7 Å². The number of amides is 3. The molecule has 0 spiro atoms. The Hall–Kier alpha value is -3.03. The number of aromatic nitrogens is 3. The van der Waals surface area contributed by atoms with Crippen molar-refractivity contribution in [2.45, 2.75) is 63.5 Å². The SMILES string of the molecule is CC1(c2cn(-c3ccc4c(c3)CN(C3CCC(=O)NC3=O)C4=O)nn2)CCCC1. The monoisotopic (exact) mass is 393 g/mol. The number of nitrogens with one attached hydrogen (secondary N) is 1. The summed E-state index contributed by atoms with van der Waals surface area (Å²) in [5, 5.41) is 11.1. The van der Waals surface area contributed by atoms with E-state index in [9.17, 15) is 14.4 Å². The zero-order valence-corrected chi connectivity index (χ0v) is 16.4. The normalized spacial score (nSPS) is 23.4. The smallest absolute Gasteiger partial charge is 0.255 e. The number of benzene rings is 1. The molecule has 1 saturated heterocycles. The van der Waals surface area contributed by atoms with Crippen LogP contribution in [-0.2, 0) is 21.5 Å². The maximum Gasteiger partial charge on any atom is 0.255 e. The number of fused-ring (bicyclic) bond motifs is 1. The number of carbonyl (C=O) groups is 3. The van der Waals surface area contributed by atoms with Crippen LogP contribution >= 0.6 is 0 Å². The number of hydrogen-bond acceptors (Lipinski definition) is 5. The zero-order valence-electron chi connectivity index (χ0n) is 16.4. The highest BCUT2D eigenvalue weighted by Gasteiger charge is 2.39. The van der Waals surface area contributed by atoms with Crippen molar-refractivity contribution < 1.29 is 14.4 Å². The van der Waals surface area contributed by atoms with Crippen molar-refractivity contribution in [3.05, 3.63) is 41.2 Å². The van der Waals surface area contributed by atoms with Crippen LogP contribution in [0.5, 0.6) is 0 Å². The van der Waals surface area contributed by atoms with Gasteiger partial charge in [0.05, 0.1) is 17.6 Å². The lowest BCUT2D eigenvalue weighted by atomic mass is 9.86. The number of piperidine rings is 1. The molecule has 8 nitrogen and oxygen atoms in total. The number of nitrogens with zero attached hydrogens (tertiary/aromatic N) is 4. The molecule has 29 heavy (non-hydrogen) atoms. The minimum atomic E-state index is -0.601. The van der Waals surface area contributed by atoms with Crippen LogP contribution in [0, 0.1) is 0 Å². The standard InChI is InChI=1S/C21H23N5O3/c1-21(8-2-3-9-21)17-12-26(24-23-17)14-4-5-15-13(10-14)11-25(20(15)29)16-6-7-18(27)22-19(16)28/h4-5,10,12,16H,2-3,6-9,11H2,1H3,(H,22,27,28). The van der Waals surface area contributed by atoms with E-state index in [1.807, 2.05) is 18.3 Å². The molecule has 150 valence electrons. The van der Waals surface area contributed by atoms with Crippen LogP contribution in [0.15, 0.2) is 24.4 Å². The van der Waals surface area contributed by atoms with Crippen LogP contribution in [0.2, 0.25) is 0 Å². The molecule has 1 N–H and O–H groups in total. The number of hydrogen-bond donors (Lipinski definition) is 1. The van der Waals surface area contributed by atoms with E-state index in [1.54, 1.807) is 15.6 Å². The Labute approximate surface area is 168 Å². The molecule has 0 radical (unpaired) electrons. The van der Waals surface area contributed by atoms with Crippen molar-refractivity contribution in [3.8, 4) is 5.69 Å². The Morgan fingerprint density at radius 1 is 1.17 bits per heavy atom. The Morgan fingerprint density at radius 3 is 2.72 bits per heavy atom. The average molecular weight is 393 g/mol. The molecular weight excluding hydrogens is 370 g/mol. The first kappa shape index (κ1) is 18.0. The third-order valence-electron chi connectivity index (χ3n) is 6.59. The molecule has 0 bridgehead atoms. The Kier molecular flexibility index (Phi) is 4.04. The van der Waals surface area contributed by atoms with E-state index in [4.69, 9.17) is 0 Å². The number of rotatable bonds is 3. The fourth-order valence-electron chi connectivity index (χ4n) is 4.78. The van der Waals surface area contributed by atoms with Gasteiger partial charge in [-0.05, 0) is 43.0 Å². The summed E-state index contributed by atoms with van der Waals surface area (Å²) in [5.74, 6) is -0.845. The minimum absolute atomic E-state index is 0.0908. The second-order valence-corrected chi connectivity index (χ2v) is 8.56. The molecule has 8 heteroatoms. The topological polar surface area (TPSA) is 97.2 Å². The van der Waals surface area contributed by atoms with Gasteiger partial charge in [-0.1, -0.05) is 25.0 Å². The maximum atomic E-state index is 12.8. The zero-order chi connectivity index (χ0) is 20.2. The van der Waals surface area contributed by atoms with Gasteiger partial charge in [0, 0.05) is 23.9 Å². The summed E-state index contributed by atoms with van der Waals surface area (Å²) in [6, 6.07) is 4.99. The van der Waals surface area contributed by atoms with E-state index >= 15 is 0 Å². The van der Waals surface area contributed by atoms with Crippen molar-refractivity contribution in [2.75, 3.05) is 0 Å². The summed E-state index contributed by atoms with van der Waals surface area (Å²) in [6.07, 6.45) is 7.31. The maximum absolute atomic E-state index is 12.8. The first-order chi connectivity index (χ1) is 13.9. The van der Waals surface area contributed by atoms with Crippen LogP contribution in [0.25, 0.3) is 5.69 Å². The summed E-state index contributed by atoms with van der Waals surface area (Å²) < 4.78 is 1.76. The summed E-state index contributed by atoms with van der Waals surface area (Å²) in [5.41, 5.74) is 3.41. The molecule has 2 aliphatic heterocycles. The van der Waals surface area contributed by atoms with Crippen molar-refractivity contribution in [2.24, 2.45) is 0 Å². The van der Waals surface area contributed by atoms with E-state index in [2.05, 4.69) is 22.6 Å². The van der Waals surface area contributed by atoms with Crippen LogP contribution < -0.4 is 5.32 Å². The second-order valence-electron chi connectivity index (χ2n) is 8.56. The molecule has 5 rings (SSSR count). The molecule has 1 atom stereocenters. The van der Waals surface area contributed by atoms with Gasteiger partial charge in [-0.3, -0.25) is 19.7 Å². The fourth-order valence-corrected chi connectivity index (χ4v) is 4.78. The molecular formula is C21H23N5O3. The molecule has 1 aromatic carbocycles. The minimum Gasteiger partial charge on any atom is -0.322 e. The summed E-state index contributed by atoms with van der Waals surface area (Å²) in [7, 11) is 0. The van der Waals surface area contributed by atoms with Crippen molar-refractivity contribution >= 4 is 17.7 Å². The molecule has 2 aromatic rings. The van der Waals surface area contributed by atoms with Crippen LogP contribution in [0.1, 0.15) is 67.1 Å². The van der Waals surface area contributed by atoms with Gasteiger partial charge in [-0.2, -0.15) is 0 Å². The van der Waals surface area contributed by atoms with Crippen LogP contribution in [0.4, 0.5) is 0 Å². The summed E-state index contributed by atoms with van der Waals surface area (Å²) >= 11 is 0. The molecule has 1 unspecified atom stereocenters. The third-order valence-corrected chi connectivity index (χ3v) is 6.59. The van der Waals surface area contributed by atoms with Gasteiger partial charge >= 0.3 is 0 Å². The highest BCUT2D eigenvalue weighted by atomic mass is 16.2. The lowest BCUT2D eigenvalue weighted by molar-refractivity contribution is -0.136. The highest BCUT2D eigenvalue weighted by Crippen LogP contribution is 2.39. The van der Waals surface area contributed by atoms with Crippen molar-refractivity contribution in [1.29, 1.82) is 0 Å². The lowest BCUT2D eigenvalue weighted by Crippen LogP contribution is -2.52. The molecule has 1 saturated carbocycles. The van der Waals surface area contributed by atoms with Gasteiger partial charge in [0.1, 0.15) is 6.04 Å². The fraction of sp³-hybridized carbons (Fsp3) is 0.476. The third kappa shape index (κ3) is 2.94. The van der Waals surface area contributed by atoms with E-state index in [0.29, 0.717) is 18.5 Å². The predicted molar refractivity (Wildman–Crippen MR) is 103 cm³/mol. The van der Waals surface area contributed by atoms with Gasteiger partial charge < -0.3 is 4.90 Å². The summed E-state index contributed by atoms with van der Waals surface area (Å²) in [6.45, 7) is 2.60. The van der Waals surface area contributed by atoms with Crippen molar-refractivity contribution in [1.82, 2.24) is 25.2 Å². The van der Waals surface area contributed by atoms with Gasteiger partial charge in [0.25, 0.3) is 5.91 Å². The molecule has 2 fully saturated rings. The van der Waals surface area contributed by atoms with Gasteiger partial charge in [-0.25, -0.2) is 4.68 Å². The van der Waals surface area contributed by atoms with E-state index < -0.39 is 11.9 Å². The predicted octanol–water partition coefficient (Wildman–Crippen LogP) is 1.86. The Morgan fingerprint density at radius 2 is 1.97 bits per heavy atom. The Bertz CT molecular complexity index is 1020. The number of imide groups is 1.